The third-order valence-corrected chi connectivity index (χ3v) is 3.45. The molecule has 3 rings (SSSR count). The number of amides is 1. The highest BCUT2D eigenvalue weighted by Gasteiger charge is 2.09. The molecular formula is C13H12N4OS. The first-order valence-electron chi connectivity index (χ1n) is 5.78. The largest absolute Gasteiger partial charge is 0.375 e. The molecule has 1 amide bonds. The second kappa shape index (κ2) is 4.74. The summed E-state index contributed by atoms with van der Waals surface area (Å²) in [6, 6.07) is 10.0. The van der Waals surface area contributed by atoms with Gasteiger partial charge >= 0.3 is 0 Å². The fraction of sp³-hybridized carbons (Fsp3) is 0.0769. The molecule has 0 aliphatic carbocycles. The van der Waals surface area contributed by atoms with Gasteiger partial charge in [0.1, 0.15) is 5.69 Å². The van der Waals surface area contributed by atoms with E-state index in [1.165, 1.54) is 11.3 Å². The van der Waals surface area contributed by atoms with Crippen molar-refractivity contribution < 1.29 is 4.79 Å². The second-order valence-corrected chi connectivity index (χ2v) is 5.03. The van der Waals surface area contributed by atoms with E-state index in [4.69, 9.17) is 5.73 Å². The van der Waals surface area contributed by atoms with Crippen LogP contribution in [0.2, 0.25) is 0 Å². The molecule has 0 radical (unpaired) electrons. The summed E-state index contributed by atoms with van der Waals surface area (Å²) in [5, 5.41) is 5.98. The molecule has 3 aromatic rings. The lowest BCUT2D eigenvalue weighted by atomic mass is 10.2. The Balaban J connectivity index is 1.70. The number of nitrogen functional groups attached to an aromatic ring is 1. The van der Waals surface area contributed by atoms with E-state index in [0.29, 0.717) is 17.4 Å². The van der Waals surface area contributed by atoms with E-state index < -0.39 is 0 Å². The maximum atomic E-state index is 11.8. The standard InChI is InChI=1S/C13H12N4OS/c14-13-17-11(7-19-13)12(18)15-6-9-5-8-3-1-2-4-10(8)16-9/h1-5,7,16H,6H2,(H2,14,17)(H,15,18). The Morgan fingerprint density at radius 2 is 2.26 bits per heavy atom. The van der Waals surface area contributed by atoms with Gasteiger partial charge in [-0.15, -0.1) is 11.3 Å². The average Bonchev–Trinajstić information content (AvgIpc) is 3.01. The minimum absolute atomic E-state index is 0.216. The van der Waals surface area contributed by atoms with Crippen LogP contribution in [0.25, 0.3) is 10.9 Å². The Morgan fingerprint density at radius 3 is 3.00 bits per heavy atom. The van der Waals surface area contributed by atoms with Gasteiger partial charge in [0.25, 0.3) is 5.91 Å². The van der Waals surface area contributed by atoms with Crippen LogP contribution in [-0.2, 0) is 6.54 Å². The number of hydrogen-bond acceptors (Lipinski definition) is 4. The predicted octanol–water partition coefficient (Wildman–Crippen LogP) is 2.14. The van der Waals surface area contributed by atoms with Crippen LogP contribution in [0.5, 0.6) is 0 Å². The van der Waals surface area contributed by atoms with Crippen molar-refractivity contribution in [1.29, 1.82) is 0 Å². The molecule has 19 heavy (non-hydrogen) atoms. The molecule has 1 aromatic carbocycles. The summed E-state index contributed by atoms with van der Waals surface area (Å²) < 4.78 is 0. The fourth-order valence-electron chi connectivity index (χ4n) is 1.89. The van der Waals surface area contributed by atoms with Crippen molar-refractivity contribution in [2.24, 2.45) is 0 Å². The number of H-pyrrole nitrogens is 1. The fourth-order valence-corrected chi connectivity index (χ4v) is 2.43. The quantitative estimate of drug-likeness (QED) is 0.683. The maximum absolute atomic E-state index is 11.8. The minimum atomic E-state index is -0.216. The zero-order valence-corrected chi connectivity index (χ0v) is 10.8. The first-order valence-corrected chi connectivity index (χ1v) is 6.66. The minimum Gasteiger partial charge on any atom is -0.375 e. The molecule has 5 nitrogen and oxygen atoms in total. The van der Waals surface area contributed by atoms with Gasteiger partial charge in [-0.05, 0) is 17.5 Å². The summed E-state index contributed by atoms with van der Waals surface area (Å²) in [6.07, 6.45) is 0. The molecule has 6 heteroatoms. The number of benzene rings is 1. The van der Waals surface area contributed by atoms with Gasteiger partial charge in [-0.3, -0.25) is 4.79 Å². The van der Waals surface area contributed by atoms with E-state index in [1.807, 2.05) is 30.3 Å². The van der Waals surface area contributed by atoms with Gasteiger partial charge in [-0.2, -0.15) is 0 Å². The summed E-state index contributed by atoms with van der Waals surface area (Å²) in [4.78, 5) is 19.0. The average molecular weight is 272 g/mol. The summed E-state index contributed by atoms with van der Waals surface area (Å²) in [5.41, 5.74) is 7.87. The van der Waals surface area contributed by atoms with E-state index in [-0.39, 0.29) is 5.91 Å². The number of para-hydroxylation sites is 1. The molecule has 0 atom stereocenters. The summed E-state index contributed by atoms with van der Waals surface area (Å²) >= 11 is 1.26. The third-order valence-electron chi connectivity index (χ3n) is 2.78. The highest BCUT2D eigenvalue weighted by atomic mass is 32.1. The predicted molar refractivity (Wildman–Crippen MR) is 76.0 cm³/mol. The van der Waals surface area contributed by atoms with E-state index >= 15 is 0 Å². The maximum Gasteiger partial charge on any atom is 0.271 e. The topological polar surface area (TPSA) is 83.8 Å². The van der Waals surface area contributed by atoms with Crippen LogP contribution in [0.15, 0.2) is 35.7 Å². The molecule has 0 fully saturated rings. The van der Waals surface area contributed by atoms with Crippen molar-refractivity contribution in [3.8, 4) is 0 Å². The van der Waals surface area contributed by atoms with Crippen LogP contribution in [0.4, 0.5) is 5.13 Å². The molecule has 4 N–H and O–H groups in total. The molecular weight excluding hydrogens is 260 g/mol. The molecule has 2 aromatic heterocycles. The lowest BCUT2D eigenvalue weighted by Gasteiger charge is -2.00. The van der Waals surface area contributed by atoms with Crippen LogP contribution < -0.4 is 11.1 Å². The molecule has 0 saturated heterocycles. The van der Waals surface area contributed by atoms with Crippen LogP contribution in [0, 0.1) is 0 Å². The first kappa shape index (κ1) is 11.7. The second-order valence-electron chi connectivity index (χ2n) is 4.14. The smallest absolute Gasteiger partial charge is 0.271 e. The van der Waals surface area contributed by atoms with Crippen molar-refractivity contribution in [3.63, 3.8) is 0 Å². The Bertz CT molecular complexity index is 698. The highest BCUT2D eigenvalue weighted by Crippen LogP contribution is 2.15. The SMILES string of the molecule is Nc1nc(C(=O)NCc2cc3ccccc3[nH]2)cs1. The van der Waals surface area contributed by atoms with Crippen LogP contribution >= 0.6 is 11.3 Å². The normalized spacial score (nSPS) is 10.7. The van der Waals surface area contributed by atoms with Crippen molar-refractivity contribution in [1.82, 2.24) is 15.3 Å². The van der Waals surface area contributed by atoms with Crippen molar-refractivity contribution in [2.75, 3.05) is 5.73 Å². The number of rotatable bonds is 3. The number of fused-ring (bicyclic) bond motifs is 1. The Morgan fingerprint density at radius 1 is 1.42 bits per heavy atom. The molecule has 0 saturated carbocycles. The van der Waals surface area contributed by atoms with E-state index in [1.54, 1.807) is 5.38 Å². The van der Waals surface area contributed by atoms with Gasteiger partial charge in [0, 0.05) is 16.6 Å². The Kier molecular flexibility index (Phi) is 2.92. The lowest BCUT2D eigenvalue weighted by Crippen LogP contribution is -2.23. The number of thiazole rings is 1. The number of nitrogens with zero attached hydrogens (tertiary/aromatic N) is 1. The number of carbonyl (C=O) groups is 1. The van der Waals surface area contributed by atoms with Gasteiger partial charge < -0.3 is 16.0 Å². The molecule has 0 aliphatic rings. The molecule has 0 bridgehead atoms. The van der Waals surface area contributed by atoms with Gasteiger partial charge in [-0.1, -0.05) is 18.2 Å². The first-order chi connectivity index (χ1) is 9.22. The van der Waals surface area contributed by atoms with Gasteiger partial charge in [-0.25, -0.2) is 4.98 Å². The Hall–Kier alpha value is -2.34. The highest BCUT2D eigenvalue weighted by molar-refractivity contribution is 7.13. The number of hydrogen-bond donors (Lipinski definition) is 3. The summed E-state index contributed by atoms with van der Waals surface area (Å²) in [5.74, 6) is -0.216. The van der Waals surface area contributed by atoms with E-state index in [0.717, 1.165) is 16.6 Å². The molecule has 2 heterocycles. The number of anilines is 1. The number of aromatic amines is 1. The van der Waals surface area contributed by atoms with Crippen LogP contribution in [0.3, 0.4) is 0 Å². The molecule has 0 aliphatic heterocycles. The zero-order chi connectivity index (χ0) is 13.2. The van der Waals surface area contributed by atoms with E-state index in [9.17, 15) is 4.79 Å². The molecule has 0 spiro atoms. The van der Waals surface area contributed by atoms with Crippen molar-refractivity contribution >= 4 is 33.3 Å². The third kappa shape index (κ3) is 2.43. The number of carbonyl (C=O) groups excluding carboxylic acids is 1. The van der Waals surface area contributed by atoms with Crippen LogP contribution in [0.1, 0.15) is 16.2 Å². The lowest BCUT2D eigenvalue weighted by molar-refractivity contribution is 0.0946. The Labute approximate surface area is 113 Å². The summed E-state index contributed by atoms with van der Waals surface area (Å²) in [6.45, 7) is 0.435. The van der Waals surface area contributed by atoms with E-state index in [2.05, 4.69) is 15.3 Å². The molecule has 0 unspecified atom stereocenters. The van der Waals surface area contributed by atoms with Crippen molar-refractivity contribution in [2.45, 2.75) is 6.54 Å². The van der Waals surface area contributed by atoms with Crippen molar-refractivity contribution in [3.05, 3.63) is 47.1 Å². The van der Waals surface area contributed by atoms with Crippen LogP contribution in [-0.4, -0.2) is 15.9 Å². The van der Waals surface area contributed by atoms with Gasteiger partial charge in [0.15, 0.2) is 5.13 Å². The van der Waals surface area contributed by atoms with Gasteiger partial charge in [0.05, 0.1) is 6.54 Å². The number of nitrogens with two attached hydrogens (primary N) is 1. The number of aromatic nitrogens is 2. The van der Waals surface area contributed by atoms with Gasteiger partial charge in [0.2, 0.25) is 0 Å². The number of nitrogens with one attached hydrogen (secondary N) is 2. The monoisotopic (exact) mass is 272 g/mol. The molecule has 96 valence electrons. The summed E-state index contributed by atoms with van der Waals surface area (Å²) in [7, 11) is 0. The zero-order valence-electron chi connectivity index (χ0n) is 10.0.